The van der Waals surface area contributed by atoms with E-state index in [1.165, 1.54) is 0 Å². The molecule has 2 aromatic rings. The van der Waals surface area contributed by atoms with E-state index in [1.54, 1.807) is 12.4 Å². The Labute approximate surface area is 171 Å². The Hall–Kier alpha value is -1.33. The van der Waals surface area contributed by atoms with Crippen LogP contribution >= 0.6 is 36.4 Å². The zero-order chi connectivity index (χ0) is 17.3. The van der Waals surface area contributed by atoms with E-state index in [0.29, 0.717) is 23.7 Å². The van der Waals surface area contributed by atoms with Crippen molar-refractivity contribution in [2.24, 2.45) is 11.1 Å². The monoisotopic (exact) mass is 415 g/mol. The number of aromatic nitrogens is 1. The maximum atomic E-state index is 12.9. The molecule has 1 aliphatic rings. The first kappa shape index (κ1) is 22.7. The lowest BCUT2D eigenvalue weighted by Gasteiger charge is -2.42. The van der Waals surface area contributed by atoms with Crippen molar-refractivity contribution >= 4 is 42.3 Å². The van der Waals surface area contributed by atoms with E-state index in [2.05, 4.69) is 18.8 Å². The number of likely N-dealkylation sites (tertiary alicyclic amines) is 1. The van der Waals surface area contributed by atoms with Gasteiger partial charge in [-0.25, -0.2) is 0 Å². The van der Waals surface area contributed by atoms with Gasteiger partial charge < -0.3 is 10.6 Å². The second kappa shape index (κ2) is 9.05. The van der Waals surface area contributed by atoms with E-state index in [-0.39, 0.29) is 42.2 Å². The van der Waals surface area contributed by atoms with Gasteiger partial charge in [0.15, 0.2) is 0 Å². The third kappa shape index (κ3) is 4.89. The zero-order valence-electron chi connectivity index (χ0n) is 14.8. The van der Waals surface area contributed by atoms with Gasteiger partial charge in [0.2, 0.25) is 0 Å². The number of piperidine rings is 1. The summed E-state index contributed by atoms with van der Waals surface area (Å²) < 4.78 is 0. The molecule has 1 fully saturated rings. The van der Waals surface area contributed by atoms with Gasteiger partial charge in [-0.2, -0.15) is 0 Å². The molecule has 2 heterocycles. The van der Waals surface area contributed by atoms with Gasteiger partial charge in [-0.05, 0) is 35.6 Å². The molecule has 0 spiro atoms. The minimum Gasteiger partial charge on any atom is -0.338 e. The van der Waals surface area contributed by atoms with Crippen LogP contribution in [0.5, 0.6) is 0 Å². The summed E-state index contributed by atoms with van der Waals surface area (Å²) in [5, 5.41) is 0.686. The molecule has 1 amide bonds. The lowest BCUT2D eigenvalue weighted by atomic mass is 9.79. The Balaban J connectivity index is 0.00000169. The Morgan fingerprint density at radius 2 is 1.85 bits per heavy atom. The molecule has 1 aromatic carbocycles. The van der Waals surface area contributed by atoms with E-state index < -0.39 is 0 Å². The van der Waals surface area contributed by atoms with Crippen LogP contribution in [0.3, 0.4) is 0 Å². The smallest absolute Gasteiger partial charge is 0.255 e. The number of benzene rings is 1. The van der Waals surface area contributed by atoms with Crippen molar-refractivity contribution in [2.75, 3.05) is 13.1 Å². The summed E-state index contributed by atoms with van der Waals surface area (Å²) in [6.45, 7) is 5.58. The molecule has 3 rings (SSSR count). The molecule has 142 valence electrons. The Morgan fingerprint density at radius 1 is 1.19 bits per heavy atom. The van der Waals surface area contributed by atoms with E-state index in [9.17, 15) is 4.79 Å². The van der Waals surface area contributed by atoms with Crippen LogP contribution in [-0.4, -0.2) is 34.9 Å². The molecule has 4 nitrogen and oxygen atoms in total. The van der Waals surface area contributed by atoms with E-state index >= 15 is 0 Å². The van der Waals surface area contributed by atoms with Gasteiger partial charge in [0.25, 0.3) is 5.91 Å². The van der Waals surface area contributed by atoms with Crippen molar-refractivity contribution in [1.29, 1.82) is 0 Å². The van der Waals surface area contributed by atoms with E-state index in [1.807, 2.05) is 35.2 Å². The lowest BCUT2D eigenvalue weighted by Crippen LogP contribution is -2.54. The van der Waals surface area contributed by atoms with Crippen LogP contribution in [0.25, 0.3) is 11.1 Å². The highest BCUT2D eigenvalue weighted by Crippen LogP contribution is 2.29. The number of carbonyl (C=O) groups excluding carboxylic acids is 1. The summed E-state index contributed by atoms with van der Waals surface area (Å²) in [6.07, 6.45) is 4.21. The van der Waals surface area contributed by atoms with Gasteiger partial charge in [0, 0.05) is 42.1 Å². The maximum absolute atomic E-state index is 12.9. The molecule has 2 N–H and O–H groups in total. The number of rotatable bonds is 2. The van der Waals surface area contributed by atoms with Crippen LogP contribution in [0.1, 0.15) is 30.6 Å². The van der Waals surface area contributed by atoms with Crippen molar-refractivity contribution in [1.82, 2.24) is 9.88 Å². The van der Waals surface area contributed by atoms with Crippen LogP contribution in [0.15, 0.2) is 42.7 Å². The van der Waals surface area contributed by atoms with Crippen molar-refractivity contribution in [3.8, 4) is 11.1 Å². The normalized spacial score (nSPS) is 18.5. The molecule has 0 bridgehead atoms. The second-order valence-electron chi connectivity index (χ2n) is 7.08. The average Bonchev–Trinajstić information content (AvgIpc) is 2.57. The molecule has 1 saturated heterocycles. The van der Waals surface area contributed by atoms with Gasteiger partial charge in [-0.15, -0.1) is 24.8 Å². The van der Waals surface area contributed by atoms with Crippen molar-refractivity contribution in [3.63, 3.8) is 0 Å². The zero-order valence-corrected chi connectivity index (χ0v) is 17.2. The van der Waals surface area contributed by atoms with Gasteiger partial charge in [-0.3, -0.25) is 9.78 Å². The first-order chi connectivity index (χ1) is 11.4. The van der Waals surface area contributed by atoms with Gasteiger partial charge in [0.1, 0.15) is 0 Å². The summed E-state index contributed by atoms with van der Waals surface area (Å²) in [5.41, 5.74) is 8.59. The predicted octanol–water partition coefficient (Wildman–Crippen LogP) is 4.45. The third-order valence-electron chi connectivity index (χ3n) is 4.76. The maximum Gasteiger partial charge on any atom is 0.255 e. The minimum absolute atomic E-state index is 0. The Bertz CT molecular complexity index is 750. The van der Waals surface area contributed by atoms with Crippen LogP contribution < -0.4 is 5.73 Å². The molecule has 1 unspecified atom stereocenters. The number of hydrogen-bond donors (Lipinski definition) is 1. The molecular weight excluding hydrogens is 393 g/mol. The van der Waals surface area contributed by atoms with E-state index in [0.717, 1.165) is 17.5 Å². The summed E-state index contributed by atoms with van der Waals surface area (Å²) in [7, 11) is 0. The molecule has 0 saturated carbocycles. The molecule has 0 radical (unpaired) electrons. The number of carbonyl (C=O) groups is 1. The third-order valence-corrected chi connectivity index (χ3v) is 5.01. The van der Waals surface area contributed by atoms with Crippen LogP contribution in [-0.2, 0) is 0 Å². The molecule has 1 aromatic heterocycles. The quantitative estimate of drug-likeness (QED) is 0.787. The van der Waals surface area contributed by atoms with Crippen molar-refractivity contribution in [3.05, 3.63) is 53.3 Å². The number of nitrogens with zero attached hydrogens (tertiary/aromatic N) is 2. The molecule has 1 aliphatic heterocycles. The summed E-state index contributed by atoms with van der Waals surface area (Å²) >= 11 is 5.93. The fourth-order valence-corrected chi connectivity index (χ4v) is 3.21. The predicted molar refractivity (Wildman–Crippen MR) is 111 cm³/mol. The number of hydrogen-bond acceptors (Lipinski definition) is 3. The van der Waals surface area contributed by atoms with E-state index in [4.69, 9.17) is 17.3 Å². The molecule has 26 heavy (non-hydrogen) atoms. The van der Waals surface area contributed by atoms with Crippen LogP contribution in [0.2, 0.25) is 5.02 Å². The fourth-order valence-electron chi connectivity index (χ4n) is 3.09. The summed E-state index contributed by atoms with van der Waals surface area (Å²) in [6, 6.07) is 9.54. The van der Waals surface area contributed by atoms with Crippen molar-refractivity contribution < 1.29 is 4.79 Å². The first-order valence-electron chi connectivity index (χ1n) is 8.13. The Kier molecular flexibility index (Phi) is 7.90. The minimum atomic E-state index is -0.0743. The lowest BCUT2D eigenvalue weighted by molar-refractivity contribution is 0.0532. The summed E-state index contributed by atoms with van der Waals surface area (Å²) in [5.74, 6) is 0.0123. The van der Waals surface area contributed by atoms with Crippen LogP contribution in [0, 0.1) is 5.41 Å². The Morgan fingerprint density at radius 3 is 2.46 bits per heavy atom. The molecular formula is C19H24Cl3N3O. The number of pyridine rings is 1. The summed E-state index contributed by atoms with van der Waals surface area (Å²) in [4.78, 5) is 19.0. The van der Waals surface area contributed by atoms with Gasteiger partial charge in [-0.1, -0.05) is 37.6 Å². The average molecular weight is 417 g/mol. The fraction of sp³-hybridized carbons (Fsp3) is 0.368. The first-order valence-corrected chi connectivity index (χ1v) is 8.50. The van der Waals surface area contributed by atoms with Crippen LogP contribution in [0.4, 0.5) is 0 Å². The molecule has 1 atom stereocenters. The topological polar surface area (TPSA) is 59.2 Å². The van der Waals surface area contributed by atoms with Gasteiger partial charge in [0.05, 0.1) is 5.56 Å². The largest absolute Gasteiger partial charge is 0.338 e. The highest BCUT2D eigenvalue weighted by molar-refractivity contribution is 6.30. The highest BCUT2D eigenvalue weighted by atomic mass is 35.5. The number of nitrogens with two attached hydrogens (primary N) is 1. The molecule has 0 aliphatic carbocycles. The van der Waals surface area contributed by atoms with Gasteiger partial charge >= 0.3 is 0 Å². The SMILES string of the molecule is CC1(C)CN(C(=O)c2cncc(-c3ccc(Cl)cc3)c2)CCC1N.Cl.Cl. The molecule has 7 heteroatoms. The number of halogens is 3. The highest BCUT2D eigenvalue weighted by Gasteiger charge is 2.35. The number of amides is 1. The standard InChI is InChI=1S/C19H22ClN3O.2ClH/c1-19(2)12-23(8-7-17(19)21)18(24)15-9-14(10-22-11-15)13-3-5-16(20)6-4-13;;/h3-6,9-11,17H,7-8,12,21H2,1-2H3;2*1H. The van der Waals surface area contributed by atoms with Crippen molar-refractivity contribution in [2.45, 2.75) is 26.3 Å². The second-order valence-corrected chi connectivity index (χ2v) is 7.52.